The minimum Gasteiger partial charge on any atom is -0.436 e. The average molecular weight is 593 g/mol. The van der Waals surface area contributed by atoms with Gasteiger partial charge in [0.05, 0.1) is 19.7 Å². The number of carbonyl (C=O) groups excluding carboxylic acids is 2. The number of pyridine rings is 1. The molecule has 0 saturated carbocycles. The summed E-state index contributed by atoms with van der Waals surface area (Å²) in [7, 11) is 1.75. The number of hydrogen-bond donors (Lipinski definition) is 0. The van der Waals surface area contributed by atoms with Crippen molar-refractivity contribution in [2.24, 2.45) is 13.0 Å². The molecule has 0 N–H and O–H groups in total. The molecule has 7 rings (SSSR count). The number of aromatic nitrogens is 6. The van der Waals surface area contributed by atoms with Crippen LogP contribution in [0.15, 0.2) is 71.3 Å². The predicted octanol–water partition coefficient (Wildman–Crippen LogP) is 3.11. The highest BCUT2D eigenvalue weighted by atomic mass is 16.5. The second kappa shape index (κ2) is 12.1. The van der Waals surface area contributed by atoms with Gasteiger partial charge in [-0.05, 0) is 47.0 Å². The SMILES string of the molecule is Cn1nnc(C(c2ccccc2)N2CCN(C(=O)c3cc(-c4nc5cc(CC(=O)[C@H]6CCOC6)ccc5o4)ccn3)CC2)n1. The number of benzene rings is 2. The third kappa shape index (κ3) is 5.73. The Kier molecular flexibility index (Phi) is 7.67. The highest BCUT2D eigenvalue weighted by molar-refractivity contribution is 5.93. The van der Waals surface area contributed by atoms with Crippen molar-refractivity contribution >= 4 is 22.8 Å². The molecule has 224 valence electrons. The number of Topliss-reactive ketones (excluding diaryl/α,β-unsaturated/α-hetero) is 1. The Labute approximate surface area is 253 Å². The first kappa shape index (κ1) is 28.0. The summed E-state index contributed by atoms with van der Waals surface area (Å²) in [6.07, 6.45) is 2.73. The van der Waals surface area contributed by atoms with E-state index in [0.717, 1.165) is 17.5 Å². The van der Waals surface area contributed by atoms with Crippen LogP contribution in [0.2, 0.25) is 0 Å². The summed E-state index contributed by atoms with van der Waals surface area (Å²) >= 11 is 0. The zero-order valence-electron chi connectivity index (χ0n) is 24.4. The van der Waals surface area contributed by atoms with Gasteiger partial charge in [-0.15, -0.1) is 10.2 Å². The van der Waals surface area contributed by atoms with Crippen molar-refractivity contribution < 1.29 is 18.7 Å². The van der Waals surface area contributed by atoms with Crippen LogP contribution in [0.1, 0.15) is 39.9 Å². The minimum absolute atomic E-state index is 0.0326. The number of piperazine rings is 1. The van der Waals surface area contributed by atoms with Crippen molar-refractivity contribution in [1.29, 1.82) is 0 Å². The van der Waals surface area contributed by atoms with Crippen LogP contribution in [-0.2, 0) is 23.0 Å². The second-order valence-electron chi connectivity index (χ2n) is 11.2. The number of ketones is 1. The number of hydrogen-bond acceptors (Lipinski definition) is 10. The van der Waals surface area contributed by atoms with Crippen molar-refractivity contribution in [2.45, 2.75) is 18.9 Å². The molecule has 2 fully saturated rings. The minimum atomic E-state index is -0.155. The Morgan fingerprint density at radius 3 is 2.61 bits per heavy atom. The van der Waals surface area contributed by atoms with Crippen molar-refractivity contribution in [3.05, 3.63) is 89.5 Å². The molecule has 0 radical (unpaired) electrons. The Morgan fingerprint density at radius 2 is 1.86 bits per heavy atom. The molecule has 12 nitrogen and oxygen atoms in total. The highest BCUT2D eigenvalue weighted by Crippen LogP contribution is 2.29. The molecule has 5 aromatic rings. The lowest BCUT2D eigenvalue weighted by Gasteiger charge is -2.38. The number of aryl methyl sites for hydroxylation is 1. The number of ether oxygens (including phenoxy) is 1. The molecule has 1 unspecified atom stereocenters. The molecule has 2 atom stereocenters. The molecule has 0 spiro atoms. The van der Waals surface area contributed by atoms with E-state index >= 15 is 0 Å². The summed E-state index contributed by atoms with van der Waals surface area (Å²) in [5.41, 5.74) is 4.25. The van der Waals surface area contributed by atoms with Crippen molar-refractivity contribution in [2.75, 3.05) is 39.4 Å². The van der Waals surface area contributed by atoms with E-state index in [1.807, 2.05) is 41.3 Å². The van der Waals surface area contributed by atoms with Gasteiger partial charge < -0.3 is 14.1 Å². The lowest BCUT2D eigenvalue weighted by Crippen LogP contribution is -2.50. The van der Waals surface area contributed by atoms with E-state index in [1.54, 1.807) is 25.4 Å². The van der Waals surface area contributed by atoms with Gasteiger partial charge in [0.15, 0.2) is 11.4 Å². The Hall–Kier alpha value is -4.81. The predicted molar refractivity (Wildman–Crippen MR) is 159 cm³/mol. The van der Waals surface area contributed by atoms with Crippen molar-refractivity contribution in [1.82, 2.24) is 40.0 Å². The number of fused-ring (bicyclic) bond motifs is 1. The van der Waals surface area contributed by atoms with E-state index in [2.05, 4.69) is 42.4 Å². The van der Waals surface area contributed by atoms with Gasteiger partial charge in [-0.3, -0.25) is 19.5 Å². The zero-order valence-corrected chi connectivity index (χ0v) is 24.4. The van der Waals surface area contributed by atoms with Gasteiger partial charge in [-0.1, -0.05) is 36.4 Å². The van der Waals surface area contributed by atoms with Gasteiger partial charge in [0.25, 0.3) is 5.91 Å². The van der Waals surface area contributed by atoms with Crippen LogP contribution in [0.4, 0.5) is 0 Å². The fraction of sp³-hybridized carbons (Fsp3) is 0.344. The van der Waals surface area contributed by atoms with Gasteiger partial charge in [0, 0.05) is 56.9 Å². The molecule has 3 aromatic heterocycles. The van der Waals surface area contributed by atoms with Gasteiger partial charge in [0.1, 0.15) is 17.0 Å². The topological polar surface area (TPSA) is 132 Å². The molecule has 2 aliphatic rings. The van der Waals surface area contributed by atoms with Gasteiger partial charge in [-0.25, -0.2) is 4.98 Å². The van der Waals surface area contributed by atoms with E-state index < -0.39 is 0 Å². The van der Waals surface area contributed by atoms with Crippen LogP contribution in [0.5, 0.6) is 0 Å². The standard InChI is InChI=1S/C32H32N8O4/c1-38-36-30(35-37-38)29(22-5-3-2-4-6-22)39-12-14-40(15-13-39)32(42)26-19-23(9-11-33-26)31-34-25-17-21(7-8-28(25)44-31)18-27(41)24-10-16-43-20-24/h2-9,11,17,19,24,29H,10,12-16,18,20H2,1H3/t24-,29?/m0/s1. The number of amides is 1. The van der Waals surface area contributed by atoms with E-state index in [0.29, 0.717) is 79.9 Å². The van der Waals surface area contributed by atoms with Gasteiger partial charge in [0.2, 0.25) is 5.89 Å². The molecule has 2 aliphatic heterocycles. The number of rotatable bonds is 8. The zero-order chi connectivity index (χ0) is 30.0. The molecule has 0 bridgehead atoms. The summed E-state index contributed by atoms with van der Waals surface area (Å²) in [4.78, 5) is 40.8. The van der Waals surface area contributed by atoms with Gasteiger partial charge in [-0.2, -0.15) is 4.80 Å². The average Bonchev–Trinajstić information content (AvgIpc) is 3.84. The van der Waals surface area contributed by atoms with Crippen LogP contribution in [0, 0.1) is 5.92 Å². The quantitative estimate of drug-likeness (QED) is 0.265. The van der Waals surface area contributed by atoms with Crippen molar-refractivity contribution in [3.8, 4) is 11.5 Å². The third-order valence-electron chi connectivity index (χ3n) is 8.29. The van der Waals surface area contributed by atoms with Crippen LogP contribution >= 0.6 is 0 Å². The lowest BCUT2D eigenvalue weighted by atomic mass is 9.97. The van der Waals surface area contributed by atoms with E-state index in [4.69, 9.17) is 9.15 Å². The number of tetrazole rings is 1. The molecule has 1 amide bonds. The summed E-state index contributed by atoms with van der Waals surface area (Å²) in [5.74, 6) is 1.04. The van der Waals surface area contributed by atoms with E-state index in [1.165, 1.54) is 4.80 Å². The fourth-order valence-electron chi connectivity index (χ4n) is 5.93. The number of carbonyl (C=O) groups is 2. The normalized spacial score (nSPS) is 18.1. The van der Waals surface area contributed by atoms with Crippen LogP contribution < -0.4 is 0 Å². The summed E-state index contributed by atoms with van der Waals surface area (Å²) < 4.78 is 11.4. The lowest BCUT2D eigenvalue weighted by molar-refractivity contribution is -0.122. The monoisotopic (exact) mass is 592 g/mol. The molecular weight excluding hydrogens is 560 g/mol. The van der Waals surface area contributed by atoms with Crippen LogP contribution in [0.25, 0.3) is 22.6 Å². The molecular formula is C32H32N8O4. The molecule has 5 heterocycles. The Balaban J connectivity index is 1.04. The molecule has 44 heavy (non-hydrogen) atoms. The maximum atomic E-state index is 13.5. The highest BCUT2D eigenvalue weighted by Gasteiger charge is 2.31. The van der Waals surface area contributed by atoms with Crippen LogP contribution in [0.3, 0.4) is 0 Å². The third-order valence-corrected chi connectivity index (χ3v) is 8.29. The van der Waals surface area contributed by atoms with E-state index in [-0.39, 0.29) is 23.7 Å². The molecule has 0 aliphatic carbocycles. The fourth-order valence-corrected chi connectivity index (χ4v) is 5.93. The maximum Gasteiger partial charge on any atom is 0.272 e. The molecule has 12 heteroatoms. The molecule has 2 aromatic carbocycles. The van der Waals surface area contributed by atoms with Gasteiger partial charge >= 0.3 is 0 Å². The Morgan fingerprint density at radius 1 is 1.02 bits per heavy atom. The Bertz CT molecular complexity index is 1790. The first-order valence-corrected chi connectivity index (χ1v) is 14.8. The molecule has 2 saturated heterocycles. The van der Waals surface area contributed by atoms with Crippen molar-refractivity contribution in [3.63, 3.8) is 0 Å². The number of nitrogens with zero attached hydrogens (tertiary/aromatic N) is 8. The maximum absolute atomic E-state index is 13.5. The smallest absolute Gasteiger partial charge is 0.272 e. The van der Waals surface area contributed by atoms with Crippen LogP contribution in [-0.4, -0.2) is 91.1 Å². The first-order chi connectivity index (χ1) is 21.5. The summed E-state index contributed by atoms with van der Waals surface area (Å²) in [5, 5.41) is 12.8. The first-order valence-electron chi connectivity index (χ1n) is 14.8. The second-order valence-corrected chi connectivity index (χ2v) is 11.2. The number of oxazole rings is 1. The summed E-state index contributed by atoms with van der Waals surface area (Å²) in [6, 6.07) is 19.1. The summed E-state index contributed by atoms with van der Waals surface area (Å²) in [6.45, 7) is 3.50. The largest absolute Gasteiger partial charge is 0.436 e. The van der Waals surface area contributed by atoms with E-state index in [9.17, 15) is 9.59 Å².